The van der Waals surface area contributed by atoms with Gasteiger partial charge in [-0.2, -0.15) is 4.98 Å². The molecule has 4 rings (SSSR count). The maximum Gasteiger partial charge on any atom is 0.335 e. The van der Waals surface area contributed by atoms with Crippen LogP contribution in [-0.4, -0.2) is 50.4 Å². The summed E-state index contributed by atoms with van der Waals surface area (Å²) in [6.07, 6.45) is 0.766. The van der Waals surface area contributed by atoms with Gasteiger partial charge in [0.1, 0.15) is 11.5 Å². The van der Waals surface area contributed by atoms with Crippen LogP contribution in [-0.2, 0) is 35.7 Å². The Kier molecular flexibility index (Phi) is 9.99. The second kappa shape index (κ2) is 13.4. The van der Waals surface area contributed by atoms with E-state index in [1.165, 1.54) is 0 Å². The lowest BCUT2D eigenvalue weighted by atomic mass is 10.1. The van der Waals surface area contributed by atoms with E-state index in [4.69, 9.17) is 34.8 Å². The van der Waals surface area contributed by atoms with E-state index in [9.17, 15) is 9.36 Å². The Morgan fingerprint density at radius 1 is 1.05 bits per heavy atom. The van der Waals surface area contributed by atoms with E-state index in [1.54, 1.807) is 26.0 Å². The Balaban J connectivity index is 1.40. The number of hydrogen-bond acceptors (Lipinski definition) is 8. The average molecular weight is 562 g/mol. The van der Waals surface area contributed by atoms with Crippen LogP contribution >= 0.6 is 19.2 Å². The molecule has 1 fully saturated rings. The van der Waals surface area contributed by atoms with Crippen LogP contribution in [0.3, 0.4) is 0 Å². The van der Waals surface area contributed by atoms with Crippen molar-refractivity contribution in [1.29, 1.82) is 0 Å². The fraction of sp³-hybridized carbons (Fsp3) is 0.407. The molecule has 1 aliphatic heterocycles. The summed E-state index contributed by atoms with van der Waals surface area (Å²) in [5, 5.41) is 3.55. The van der Waals surface area contributed by atoms with Gasteiger partial charge in [-0.1, -0.05) is 35.9 Å². The molecule has 1 N–H and O–H groups in total. The summed E-state index contributed by atoms with van der Waals surface area (Å²) >= 11 is 6.07. The van der Waals surface area contributed by atoms with E-state index >= 15 is 0 Å². The molecule has 0 aliphatic carbocycles. The van der Waals surface area contributed by atoms with Gasteiger partial charge in [-0.25, -0.2) is 0 Å². The number of amides is 1. The van der Waals surface area contributed by atoms with Gasteiger partial charge in [0.2, 0.25) is 5.91 Å². The lowest BCUT2D eigenvalue weighted by Crippen LogP contribution is -2.36. The zero-order valence-electron chi connectivity index (χ0n) is 21.7. The first-order valence-electron chi connectivity index (χ1n) is 12.7. The monoisotopic (exact) mass is 561 g/mol. The van der Waals surface area contributed by atoms with Crippen molar-refractivity contribution in [2.24, 2.45) is 0 Å². The zero-order chi connectivity index (χ0) is 27.0. The Morgan fingerprint density at radius 2 is 1.71 bits per heavy atom. The summed E-state index contributed by atoms with van der Waals surface area (Å²) in [6, 6.07) is 15.1. The number of benzene rings is 2. The Hall–Kier alpha value is -2.68. The molecule has 2 heterocycles. The number of carbonyl (C=O) groups is 1. The van der Waals surface area contributed by atoms with Crippen LogP contribution in [0.5, 0.6) is 0 Å². The molecule has 0 saturated carbocycles. The number of aromatic nitrogens is 1. The van der Waals surface area contributed by atoms with E-state index in [0.29, 0.717) is 74.1 Å². The van der Waals surface area contributed by atoms with E-state index in [1.807, 2.05) is 41.3 Å². The zero-order valence-corrected chi connectivity index (χ0v) is 23.3. The highest BCUT2D eigenvalue weighted by Crippen LogP contribution is 2.51. The summed E-state index contributed by atoms with van der Waals surface area (Å²) in [6.45, 7) is 6.81. The number of ether oxygens (including phenoxy) is 1. The van der Waals surface area contributed by atoms with Crippen molar-refractivity contribution in [3.05, 3.63) is 64.9 Å². The molecular weight excluding hydrogens is 529 g/mol. The van der Waals surface area contributed by atoms with Crippen molar-refractivity contribution in [1.82, 2.24) is 4.98 Å². The second-order valence-corrected chi connectivity index (χ2v) is 11.2. The molecule has 11 heteroatoms. The van der Waals surface area contributed by atoms with Gasteiger partial charge in [0.15, 0.2) is 0 Å². The van der Waals surface area contributed by atoms with Crippen molar-refractivity contribution in [3.63, 3.8) is 0 Å². The number of carbonyl (C=O) groups excluding carboxylic acids is 1. The van der Waals surface area contributed by atoms with Gasteiger partial charge in [-0.05, 0) is 43.7 Å². The first-order valence-corrected chi connectivity index (χ1v) is 14.8. The lowest BCUT2D eigenvalue weighted by Gasteiger charge is -2.24. The minimum absolute atomic E-state index is 0.154. The summed E-state index contributed by atoms with van der Waals surface area (Å²) in [5.74, 6) is 0.486. The second-order valence-electron chi connectivity index (χ2n) is 8.72. The molecule has 38 heavy (non-hydrogen) atoms. The highest BCUT2D eigenvalue weighted by Gasteiger charge is 2.24. The molecular formula is C27H33ClN3O6P. The summed E-state index contributed by atoms with van der Waals surface area (Å²) < 4.78 is 35.1. The van der Waals surface area contributed by atoms with Gasteiger partial charge >= 0.3 is 7.60 Å². The average Bonchev–Trinajstić information content (AvgIpc) is 3.34. The molecule has 0 unspecified atom stereocenters. The standard InChI is InChI=1S/C27H33ClN3O6P/c1-3-35-38(33,36-4-2)19-20-5-11-23(12-6-20)29-25(32)14-13-24-26(21-7-9-22(28)10-8-21)30-27(37-24)31-15-17-34-18-16-31/h5-12H,3-4,13-19H2,1-2H3,(H,29,32). The predicted octanol–water partition coefficient (Wildman–Crippen LogP) is 6.17. The molecule has 1 saturated heterocycles. The van der Waals surface area contributed by atoms with Crippen molar-refractivity contribution < 1.29 is 27.6 Å². The highest BCUT2D eigenvalue weighted by atomic mass is 35.5. The van der Waals surface area contributed by atoms with Crippen LogP contribution in [0.1, 0.15) is 31.6 Å². The molecule has 1 amide bonds. The number of oxazole rings is 1. The molecule has 3 aromatic rings. The Labute approximate surface area is 228 Å². The molecule has 0 bridgehead atoms. The normalized spacial score (nSPS) is 14.0. The third kappa shape index (κ3) is 7.68. The van der Waals surface area contributed by atoms with Gasteiger partial charge in [0, 0.05) is 42.2 Å². The van der Waals surface area contributed by atoms with E-state index in [2.05, 4.69) is 5.32 Å². The first kappa shape index (κ1) is 28.3. The van der Waals surface area contributed by atoms with Crippen LogP contribution in [0.2, 0.25) is 5.02 Å². The van der Waals surface area contributed by atoms with E-state index in [-0.39, 0.29) is 18.5 Å². The number of halogens is 1. The molecule has 1 aromatic heterocycles. The summed E-state index contributed by atoms with van der Waals surface area (Å²) in [4.78, 5) is 19.6. The Bertz CT molecular complexity index is 1230. The van der Waals surface area contributed by atoms with Crippen molar-refractivity contribution in [3.8, 4) is 11.3 Å². The number of nitrogens with zero attached hydrogens (tertiary/aromatic N) is 2. The minimum Gasteiger partial charge on any atom is -0.428 e. The number of hydrogen-bond donors (Lipinski definition) is 1. The molecule has 2 aromatic carbocycles. The third-order valence-electron chi connectivity index (χ3n) is 5.93. The fourth-order valence-corrected chi connectivity index (χ4v) is 5.95. The van der Waals surface area contributed by atoms with Crippen LogP contribution < -0.4 is 10.2 Å². The SMILES string of the molecule is CCOP(=O)(Cc1ccc(NC(=O)CCc2oc(N3CCOCC3)nc2-c2ccc(Cl)cc2)cc1)OCC. The first-order chi connectivity index (χ1) is 18.4. The molecule has 0 spiro atoms. The van der Waals surface area contributed by atoms with Gasteiger partial charge in [-0.3, -0.25) is 9.36 Å². The smallest absolute Gasteiger partial charge is 0.335 e. The van der Waals surface area contributed by atoms with Gasteiger partial charge in [-0.15, -0.1) is 0 Å². The fourth-order valence-electron chi connectivity index (χ4n) is 4.12. The van der Waals surface area contributed by atoms with E-state index < -0.39 is 7.60 Å². The van der Waals surface area contributed by atoms with Crippen molar-refractivity contribution in [2.75, 3.05) is 49.7 Å². The molecule has 1 aliphatic rings. The summed E-state index contributed by atoms with van der Waals surface area (Å²) in [7, 11) is -3.19. The number of rotatable bonds is 12. The maximum absolute atomic E-state index is 12.8. The van der Waals surface area contributed by atoms with Gasteiger partial charge in [0.25, 0.3) is 6.01 Å². The number of aryl methyl sites for hydroxylation is 1. The van der Waals surface area contributed by atoms with Crippen molar-refractivity contribution in [2.45, 2.75) is 32.9 Å². The van der Waals surface area contributed by atoms with Crippen LogP contribution in [0.15, 0.2) is 52.9 Å². The molecule has 0 atom stereocenters. The molecule has 0 radical (unpaired) electrons. The minimum atomic E-state index is -3.19. The van der Waals surface area contributed by atoms with Crippen LogP contribution in [0.4, 0.5) is 11.7 Å². The van der Waals surface area contributed by atoms with Crippen LogP contribution in [0, 0.1) is 0 Å². The lowest BCUT2D eigenvalue weighted by molar-refractivity contribution is -0.116. The molecule has 204 valence electrons. The maximum atomic E-state index is 12.8. The van der Waals surface area contributed by atoms with Crippen LogP contribution in [0.25, 0.3) is 11.3 Å². The van der Waals surface area contributed by atoms with Crippen molar-refractivity contribution >= 4 is 36.8 Å². The topological polar surface area (TPSA) is 103 Å². The largest absolute Gasteiger partial charge is 0.428 e. The Morgan fingerprint density at radius 3 is 2.34 bits per heavy atom. The number of nitrogens with one attached hydrogen (secondary N) is 1. The summed E-state index contributed by atoms with van der Waals surface area (Å²) in [5.41, 5.74) is 3.03. The highest BCUT2D eigenvalue weighted by molar-refractivity contribution is 7.53. The number of morpholine rings is 1. The predicted molar refractivity (Wildman–Crippen MR) is 148 cm³/mol. The molecule has 9 nitrogen and oxygen atoms in total. The van der Waals surface area contributed by atoms with E-state index in [0.717, 1.165) is 11.1 Å². The quantitative estimate of drug-likeness (QED) is 0.262. The number of anilines is 2. The van der Waals surface area contributed by atoms with Gasteiger partial charge < -0.3 is 28.4 Å². The van der Waals surface area contributed by atoms with Gasteiger partial charge in [0.05, 0.1) is 32.6 Å². The third-order valence-corrected chi connectivity index (χ3v) is 8.24.